The Morgan fingerprint density at radius 1 is 0.861 bits per heavy atom. The number of hydrogen-bond donors (Lipinski definition) is 3. The van der Waals surface area contributed by atoms with Gasteiger partial charge in [0.1, 0.15) is 0 Å². The highest BCUT2D eigenvalue weighted by molar-refractivity contribution is 5.97. The highest BCUT2D eigenvalue weighted by Gasteiger charge is 2.20. The number of amides is 2. The van der Waals surface area contributed by atoms with Crippen LogP contribution in [-0.2, 0) is 16.1 Å². The first kappa shape index (κ1) is 31.1. The predicted octanol–water partition coefficient (Wildman–Crippen LogP) is 5.28. The molecule has 0 bridgehead atoms. The number of carbonyl (C=O) groups excluding carboxylic acids is 2. The fourth-order valence-corrected chi connectivity index (χ4v) is 3.48. The smallest absolute Gasteiger partial charge is 0.227 e. The maximum Gasteiger partial charge on any atom is 0.227 e. The Balaban J connectivity index is 0.000000826. The van der Waals surface area contributed by atoms with Crippen molar-refractivity contribution in [2.45, 2.75) is 59.9 Å². The van der Waals surface area contributed by atoms with E-state index in [0.717, 1.165) is 35.9 Å². The minimum absolute atomic E-state index is 0.0711. The van der Waals surface area contributed by atoms with Gasteiger partial charge in [0, 0.05) is 33.1 Å². The highest BCUT2D eigenvalue weighted by Crippen LogP contribution is 2.29. The molecule has 198 valence electrons. The lowest BCUT2D eigenvalue weighted by molar-refractivity contribution is -0.122. The summed E-state index contributed by atoms with van der Waals surface area (Å²) in [5.74, 6) is 1.06. The van der Waals surface area contributed by atoms with Crippen LogP contribution in [0.25, 0.3) is 12.2 Å². The lowest BCUT2D eigenvalue weighted by Crippen LogP contribution is -2.31. The van der Waals surface area contributed by atoms with Gasteiger partial charge in [0.05, 0.1) is 12.2 Å². The Hall–Kier alpha value is -2.96. The first-order chi connectivity index (χ1) is 17.3. The first-order valence-corrected chi connectivity index (χ1v) is 12.8. The number of fused-ring (bicyclic) bond motifs is 2. The Morgan fingerprint density at radius 2 is 1.42 bits per heavy atom. The molecule has 6 heteroatoms. The maximum absolute atomic E-state index is 13.1. The molecule has 36 heavy (non-hydrogen) atoms. The summed E-state index contributed by atoms with van der Waals surface area (Å²) in [6.07, 6.45) is 6.55. The van der Waals surface area contributed by atoms with E-state index >= 15 is 0 Å². The minimum atomic E-state index is 0.0711. The van der Waals surface area contributed by atoms with E-state index in [1.54, 1.807) is 0 Å². The number of unbranched alkanes of at least 4 members (excludes halogenated alkanes) is 1. The molecule has 0 aliphatic carbocycles. The molecule has 3 N–H and O–H groups in total. The summed E-state index contributed by atoms with van der Waals surface area (Å²) in [7, 11) is 1.00. The molecular formula is C30H44N2O4. The fraction of sp³-hybridized carbons (Fsp3) is 0.467. The molecule has 0 atom stereocenters. The van der Waals surface area contributed by atoms with E-state index in [9.17, 15) is 9.59 Å². The molecule has 0 radical (unpaired) electrons. The van der Waals surface area contributed by atoms with E-state index in [4.69, 9.17) is 10.2 Å². The molecule has 3 rings (SSSR count). The summed E-state index contributed by atoms with van der Waals surface area (Å²) in [6.45, 7) is 9.67. The molecule has 1 aliphatic heterocycles. The molecule has 1 heterocycles. The summed E-state index contributed by atoms with van der Waals surface area (Å²) >= 11 is 0. The largest absolute Gasteiger partial charge is 0.400 e. The van der Waals surface area contributed by atoms with Crippen molar-refractivity contribution in [3.8, 4) is 0 Å². The van der Waals surface area contributed by atoms with Crippen LogP contribution in [0.3, 0.4) is 0 Å². The zero-order chi connectivity index (χ0) is 26.9. The third kappa shape index (κ3) is 11.2. The van der Waals surface area contributed by atoms with Crippen LogP contribution in [0.5, 0.6) is 0 Å². The Labute approximate surface area is 217 Å². The van der Waals surface area contributed by atoms with Crippen LogP contribution in [0.2, 0.25) is 0 Å². The predicted molar refractivity (Wildman–Crippen MR) is 149 cm³/mol. The molecule has 2 amide bonds. The number of aliphatic hydroxyl groups is 2. The van der Waals surface area contributed by atoms with Crippen LogP contribution in [0.1, 0.15) is 70.1 Å². The summed E-state index contributed by atoms with van der Waals surface area (Å²) in [6, 6.07) is 16.2. The zero-order valence-corrected chi connectivity index (χ0v) is 22.5. The highest BCUT2D eigenvalue weighted by atomic mass is 16.3. The maximum atomic E-state index is 13.1. The van der Waals surface area contributed by atoms with Crippen molar-refractivity contribution in [2.75, 3.05) is 25.2 Å². The van der Waals surface area contributed by atoms with Crippen molar-refractivity contribution in [1.82, 2.24) is 5.32 Å². The molecule has 6 nitrogen and oxygen atoms in total. The second-order valence-corrected chi connectivity index (χ2v) is 9.55. The second kappa shape index (κ2) is 17.5. The monoisotopic (exact) mass is 496 g/mol. The number of carbonyl (C=O) groups is 2. The van der Waals surface area contributed by atoms with Crippen molar-refractivity contribution >= 4 is 29.7 Å². The first-order valence-electron chi connectivity index (χ1n) is 12.8. The van der Waals surface area contributed by atoms with Crippen LogP contribution in [0.4, 0.5) is 5.69 Å². The SMILES string of the molecule is CC(C)CNC(=O)CCCCC(=O)N1Cc2ccccc2/C=C\c2ccccc21.CC(C)CO.CO. The molecule has 1 aliphatic rings. The van der Waals surface area contributed by atoms with Crippen LogP contribution < -0.4 is 10.2 Å². The Bertz CT molecular complexity index is 953. The summed E-state index contributed by atoms with van der Waals surface area (Å²) in [4.78, 5) is 26.8. The van der Waals surface area contributed by atoms with Gasteiger partial charge in [-0.3, -0.25) is 9.59 Å². The van der Waals surface area contributed by atoms with Gasteiger partial charge >= 0.3 is 0 Å². The van der Waals surface area contributed by atoms with E-state index in [0.29, 0.717) is 50.8 Å². The standard InChI is InChI=1S/C25H30N2O2.C4H10O.CH4O/c1-19(2)17-26-24(28)13-7-8-14-25(29)27-18-22-11-4-3-9-20(22)15-16-21-10-5-6-12-23(21)27;1-4(2)3-5;1-2/h3-6,9-12,15-16,19H,7-8,13-14,17-18H2,1-2H3,(H,26,28);4-5H,3H2,1-2H3;2H,1H3/b16-15-;;. The second-order valence-electron chi connectivity index (χ2n) is 9.55. The van der Waals surface area contributed by atoms with E-state index in [1.807, 2.05) is 55.1 Å². The molecule has 0 spiro atoms. The van der Waals surface area contributed by atoms with E-state index < -0.39 is 0 Å². The van der Waals surface area contributed by atoms with Crippen LogP contribution >= 0.6 is 0 Å². The average molecular weight is 497 g/mol. The number of benzene rings is 2. The molecule has 0 saturated carbocycles. The van der Waals surface area contributed by atoms with Crippen molar-refractivity contribution < 1.29 is 19.8 Å². The van der Waals surface area contributed by atoms with Gasteiger partial charge in [0.25, 0.3) is 0 Å². The summed E-state index contributed by atoms with van der Waals surface area (Å²) < 4.78 is 0. The molecule has 0 unspecified atom stereocenters. The van der Waals surface area contributed by atoms with Gasteiger partial charge in [0.15, 0.2) is 0 Å². The number of nitrogens with one attached hydrogen (secondary N) is 1. The number of rotatable bonds is 8. The van der Waals surface area contributed by atoms with Gasteiger partial charge in [-0.1, -0.05) is 82.3 Å². The van der Waals surface area contributed by atoms with Gasteiger partial charge in [-0.05, 0) is 47.4 Å². The normalized spacial score (nSPS) is 12.6. The number of aliphatic hydroxyl groups excluding tert-OH is 2. The Kier molecular flexibility index (Phi) is 15.1. The van der Waals surface area contributed by atoms with E-state index in [2.05, 4.69) is 43.4 Å². The van der Waals surface area contributed by atoms with Crippen LogP contribution in [0, 0.1) is 11.8 Å². The third-order valence-corrected chi connectivity index (χ3v) is 5.47. The van der Waals surface area contributed by atoms with E-state index in [1.165, 1.54) is 0 Å². The van der Waals surface area contributed by atoms with Gasteiger partial charge in [-0.2, -0.15) is 0 Å². The van der Waals surface area contributed by atoms with Gasteiger partial charge in [-0.15, -0.1) is 0 Å². The lowest BCUT2D eigenvalue weighted by Gasteiger charge is -2.27. The summed E-state index contributed by atoms with van der Waals surface area (Å²) in [5.41, 5.74) is 4.27. The van der Waals surface area contributed by atoms with Gasteiger partial charge in [0.2, 0.25) is 11.8 Å². The number of nitrogens with zero attached hydrogens (tertiary/aromatic N) is 1. The zero-order valence-electron chi connectivity index (χ0n) is 22.5. The molecule has 2 aromatic rings. The van der Waals surface area contributed by atoms with Gasteiger partial charge in [-0.25, -0.2) is 0 Å². The molecule has 0 saturated heterocycles. The minimum Gasteiger partial charge on any atom is -0.400 e. The molecule has 2 aromatic carbocycles. The fourth-order valence-electron chi connectivity index (χ4n) is 3.48. The topological polar surface area (TPSA) is 89.9 Å². The van der Waals surface area contributed by atoms with Crippen molar-refractivity contribution in [1.29, 1.82) is 0 Å². The van der Waals surface area contributed by atoms with Crippen molar-refractivity contribution in [3.05, 3.63) is 65.2 Å². The molecule has 0 aromatic heterocycles. The van der Waals surface area contributed by atoms with Gasteiger partial charge < -0.3 is 20.4 Å². The van der Waals surface area contributed by atoms with Crippen LogP contribution in [-0.4, -0.2) is 42.3 Å². The molecular weight excluding hydrogens is 452 g/mol. The quantitative estimate of drug-likeness (QED) is 0.434. The Morgan fingerprint density at radius 3 is 2.06 bits per heavy atom. The van der Waals surface area contributed by atoms with Crippen molar-refractivity contribution in [3.63, 3.8) is 0 Å². The third-order valence-electron chi connectivity index (χ3n) is 5.47. The summed E-state index contributed by atoms with van der Waals surface area (Å²) in [5, 5.41) is 18.1. The number of anilines is 1. The van der Waals surface area contributed by atoms with E-state index in [-0.39, 0.29) is 11.8 Å². The lowest BCUT2D eigenvalue weighted by atomic mass is 10.0. The number of hydrogen-bond acceptors (Lipinski definition) is 4. The molecule has 0 fully saturated rings. The number of para-hydroxylation sites is 1. The van der Waals surface area contributed by atoms with Crippen molar-refractivity contribution in [2.24, 2.45) is 11.8 Å². The van der Waals surface area contributed by atoms with Crippen LogP contribution in [0.15, 0.2) is 48.5 Å². The average Bonchev–Trinajstić information content (AvgIpc) is 2.88.